The summed E-state index contributed by atoms with van der Waals surface area (Å²) in [6.07, 6.45) is 7.28. The Bertz CT molecular complexity index is 804. The monoisotopic (exact) mass is 423 g/mol. The molecular weight excluding hydrogens is 390 g/mol. The van der Waals surface area contributed by atoms with Crippen LogP contribution in [0.4, 0.5) is 5.69 Å². The second-order valence-electron chi connectivity index (χ2n) is 8.04. The van der Waals surface area contributed by atoms with E-state index in [1.165, 1.54) is 19.6 Å². The number of benzene rings is 1. The van der Waals surface area contributed by atoms with Crippen LogP contribution in [0.15, 0.2) is 23.1 Å². The molecule has 2 fully saturated rings. The summed E-state index contributed by atoms with van der Waals surface area (Å²) in [6, 6.07) is 5.08. The van der Waals surface area contributed by atoms with E-state index in [1.54, 1.807) is 16.4 Å². The molecule has 3 rings (SSSR count). The van der Waals surface area contributed by atoms with Gasteiger partial charge in [0, 0.05) is 19.1 Å². The number of carbonyl (C=O) groups excluding carboxylic acids is 1. The van der Waals surface area contributed by atoms with Gasteiger partial charge in [0.05, 0.1) is 24.2 Å². The third-order valence-electron chi connectivity index (χ3n) is 5.94. The first kappa shape index (κ1) is 22.1. The Morgan fingerprint density at radius 1 is 1.10 bits per heavy atom. The molecule has 2 heterocycles. The maximum Gasteiger partial charge on any atom is 0.243 e. The SMILES string of the molecule is COc1ccc(S(=O)(=O)N2CCCCCC2)cc1NC(=O)CN1CCCC[C@@H]1C. The Morgan fingerprint density at radius 3 is 2.45 bits per heavy atom. The van der Waals surface area contributed by atoms with Crippen LogP contribution in [0.5, 0.6) is 5.75 Å². The zero-order chi connectivity index (χ0) is 20.9. The maximum atomic E-state index is 13.1. The molecule has 1 atom stereocenters. The van der Waals surface area contributed by atoms with E-state index in [0.29, 0.717) is 37.1 Å². The number of amides is 1. The fourth-order valence-corrected chi connectivity index (χ4v) is 5.69. The molecule has 1 N–H and O–H groups in total. The summed E-state index contributed by atoms with van der Waals surface area (Å²) in [6.45, 7) is 4.44. The largest absolute Gasteiger partial charge is 0.495 e. The number of hydrogen-bond acceptors (Lipinski definition) is 5. The number of carbonyl (C=O) groups is 1. The third kappa shape index (κ3) is 5.49. The molecule has 2 aliphatic rings. The summed E-state index contributed by atoms with van der Waals surface area (Å²) in [7, 11) is -2.07. The Hall–Kier alpha value is -1.64. The van der Waals surface area contributed by atoms with E-state index < -0.39 is 10.0 Å². The fraction of sp³-hybridized carbons (Fsp3) is 0.667. The highest BCUT2D eigenvalue weighted by Crippen LogP contribution is 2.30. The van der Waals surface area contributed by atoms with Crippen molar-refractivity contribution in [1.82, 2.24) is 9.21 Å². The molecule has 0 aliphatic carbocycles. The topological polar surface area (TPSA) is 79.0 Å². The number of rotatable bonds is 6. The molecule has 0 unspecified atom stereocenters. The zero-order valence-corrected chi connectivity index (χ0v) is 18.3. The lowest BCUT2D eigenvalue weighted by molar-refractivity contribution is -0.118. The van der Waals surface area contributed by atoms with Crippen molar-refractivity contribution in [1.29, 1.82) is 0 Å². The summed E-state index contributed by atoms with van der Waals surface area (Å²) >= 11 is 0. The molecule has 0 radical (unpaired) electrons. The van der Waals surface area contributed by atoms with E-state index in [9.17, 15) is 13.2 Å². The first-order chi connectivity index (χ1) is 13.9. The van der Waals surface area contributed by atoms with E-state index in [1.807, 2.05) is 0 Å². The van der Waals surface area contributed by atoms with E-state index >= 15 is 0 Å². The molecule has 1 amide bonds. The van der Waals surface area contributed by atoms with Crippen LogP contribution in [0, 0.1) is 0 Å². The van der Waals surface area contributed by atoms with E-state index in [4.69, 9.17) is 4.74 Å². The van der Waals surface area contributed by atoms with E-state index in [2.05, 4.69) is 17.1 Å². The average Bonchev–Trinajstić information content (AvgIpc) is 3.00. The van der Waals surface area contributed by atoms with Crippen molar-refractivity contribution in [2.24, 2.45) is 0 Å². The van der Waals surface area contributed by atoms with Gasteiger partial charge in [-0.1, -0.05) is 19.3 Å². The molecule has 7 nitrogen and oxygen atoms in total. The highest BCUT2D eigenvalue weighted by atomic mass is 32.2. The normalized spacial score (nSPS) is 22.1. The van der Waals surface area contributed by atoms with Crippen molar-refractivity contribution >= 4 is 21.6 Å². The van der Waals surface area contributed by atoms with Crippen molar-refractivity contribution in [3.05, 3.63) is 18.2 Å². The molecule has 0 bridgehead atoms. The smallest absolute Gasteiger partial charge is 0.243 e. The second kappa shape index (κ2) is 9.91. The van der Waals surface area contributed by atoms with Crippen molar-refractivity contribution < 1.29 is 17.9 Å². The van der Waals surface area contributed by atoms with Gasteiger partial charge >= 0.3 is 0 Å². The molecule has 2 saturated heterocycles. The molecule has 29 heavy (non-hydrogen) atoms. The molecular formula is C21H33N3O4S. The summed E-state index contributed by atoms with van der Waals surface area (Å²) in [4.78, 5) is 15.0. The number of nitrogens with one attached hydrogen (secondary N) is 1. The second-order valence-corrected chi connectivity index (χ2v) is 9.98. The molecule has 0 spiro atoms. The van der Waals surface area contributed by atoms with Gasteiger partial charge in [-0.2, -0.15) is 4.31 Å². The minimum atomic E-state index is -3.59. The van der Waals surface area contributed by atoms with Crippen LogP contribution in [0.25, 0.3) is 0 Å². The van der Waals surface area contributed by atoms with Crippen LogP contribution in [-0.4, -0.2) is 62.9 Å². The lowest BCUT2D eigenvalue weighted by atomic mass is 10.0. The first-order valence-electron chi connectivity index (χ1n) is 10.6. The van der Waals surface area contributed by atoms with Gasteiger partial charge in [-0.15, -0.1) is 0 Å². The number of nitrogens with zero attached hydrogens (tertiary/aromatic N) is 2. The van der Waals surface area contributed by atoms with Crippen LogP contribution < -0.4 is 10.1 Å². The predicted octanol–water partition coefficient (Wildman–Crippen LogP) is 3.07. The Labute approximate surface area is 174 Å². The number of hydrogen-bond donors (Lipinski definition) is 1. The summed E-state index contributed by atoms with van der Waals surface area (Å²) in [5, 5.41) is 2.87. The van der Waals surface area contributed by atoms with Gasteiger partial charge < -0.3 is 10.1 Å². The molecule has 8 heteroatoms. The van der Waals surface area contributed by atoms with Crippen LogP contribution >= 0.6 is 0 Å². The Balaban J connectivity index is 1.76. The van der Waals surface area contributed by atoms with E-state index in [-0.39, 0.29) is 10.8 Å². The highest BCUT2D eigenvalue weighted by molar-refractivity contribution is 7.89. The van der Waals surface area contributed by atoms with Crippen LogP contribution in [0.2, 0.25) is 0 Å². The van der Waals surface area contributed by atoms with Gasteiger partial charge in [-0.05, 0) is 57.4 Å². The fourth-order valence-electron chi connectivity index (χ4n) is 4.14. The van der Waals surface area contributed by atoms with Gasteiger partial charge in [0.1, 0.15) is 5.75 Å². The van der Waals surface area contributed by atoms with Gasteiger partial charge in [-0.3, -0.25) is 9.69 Å². The number of ether oxygens (including phenoxy) is 1. The molecule has 1 aromatic rings. The van der Waals surface area contributed by atoms with Crippen LogP contribution in [-0.2, 0) is 14.8 Å². The van der Waals surface area contributed by atoms with Gasteiger partial charge in [-0.25, -0.2) is 8.42 Å². The zero-order valence-electron chi connectivity index (χ0n) is 17.5. The number of methoxy groups -OCH3 is 1. The lowest BCUT2D eigenvalue weighted by Gasteiger charge is -2.32. The molecule has 1 aromatic carbocycles. The molecule has 0 aromatic heterocycles. The quantitative estimate of drug-likeness (QED) is 0.761. The number of likely N-dealkylation sites (tertiary alicyclic amines) is 1. The van der Waals surface area contributed by atoms with Gasteiger partial charge in [0.2, 0.25) is 15.9 Å². The van der Waals surface area contributed by atoms with Crippen LogP contribution in [0.3, 0.4) is 0 Å². The highest BCUT2D eigenvalue weighted by Gasteiger charge is 2.27. The van der Waals surface area contributed by atoms with Crippen molar-refractivity contribution in [3.8, 4) is 5.75 Å². The lowest BCUT2D eigenvalue weighted by Crippen LogP contribution is -2.42. The summed E-state index contributed by atoms with van der Waals surface area (Å²) in [5.74, 6) is 0.307. The first-order valence-corrected chi connectivity index (χ1v) is 12.1. The number of piperidine rings is 1. The number of sulfonamides is 1. The van der Waals surface area contributed by atoms with Crippen molar-refractivity contribution in [2.75, 3.05) is 38.6 Å². The predicted molar refractivity (Wildman–Crippen MR) is 114 cm³/mol. The van der Waals surface area contributed by atoms with E-state index in [0.717, 1.165) is 45.1 Å². The summed E-state index contributed by atoms with van der Waals surface area (Å²) in [5.41, 5.74) is 0.401. The minimum absolute atomic E-state index is 0.152. The Morgan fingerprint density at radius 2 is 1.79 bits per heavy atom. The summed E-state index contributed by atoms with van der Waals surface area (Å²) < 4.78 is 33.1. The minimum Gasteiger partial charge on any atom is -0.495 e. The molecule has 0 saturated carbocycles. The average molecular weight is 424 g/mol. The van der Waals surface area contributed by atoms with Crippen molar-refractivity contribution in [2.45, 2.75) is 62.8 Å². The van der Waals surface area contributed by atoms with Crippen LogP contribution in [0.1, 0.15) is 51.9 Å². The third-order valence-corrected chi connectivity index (χ3v) is 7.83. The van der Waals surface area contributed by atoms with Gasteiger partial charge in [0.15, 0.2) is 0 Å². The van der Waals surface area contributed by atoms with Crippen molar-refractivity contribution in [3.63, 3.8) is 0 Å². The standard InChI is InChI=1S/C21H33N3O4S/c1-17-9-5-8-12-23(17)16-21(25)22-19-15-18(10-11-20(19)28-2)29(26,27)24-13-6-3-4-7-14-24/h10-11,15,17H,3-9,12-14,16H2,1-2H3,(H,22,25)/t17-/m0/s1. The van der Waals surface area contributed by atoms with Gasteiger partial charge in [0.25, 0.3) is 0 Å². The molecule has 2 aliphatic heterocycles. The maximum absolute atomic E-state index is 13.1. The molecule has 162 valence electrons. The Kier molecular flexibility index (Phi) is 7.54. The number of anilines is 1.